The maximum absolute atomic E-state index is 13.6. The second kappa shape index (κ2) is 5.46. The van der Waals surface area contributed by atoms with Crippen molar-refractivity contribution in [3.8, 4) is 0 Å². The zero-order valence-corrected chi connectivity index (χ0v) is 11.6. The fourth-order valence-electron chi connectivity index (χ4n) is 2.26. The number of rotatable bonds is 5. The molecule has 2 nitrogen and oxygen atoms in total. The maximum Gasteiger partial charge on any atom is 0.127 e. The van der Waals surface area contributed by atoms with Gasteiger partial charge in [-0.3, -0.25) is 4.90 Å². The summed E-state index contributed by atoms with van der Waals surface area (Å²) in [7, 11) is 2.02. The van der Waals surface area contributed by atoms with Crippen LogP contribution < -0.4 is 5.73 Å². The fourth-order valence-corrected chi connectivity index (χ4v) is 2.67. The van der Waals surface area contributed by atoms with Crippen molar-refractivity contribution in [1.82, 2.24) is 4.90 Å². The van der Waals surface area contributed by atoms with Crippen LogP contribution in [0.1, 0.15) is 18.4 Å². The van der Waals surface area contributed by atoms with E-state index in [1.54, 1.807) is 6.07 Å². The topological polar surface area (TPSA) is 29.3 Å². The minimum Gasteiger partial charge on any atom is -0.329 e. The molecule has 0 saturated heterocycles. The number of nitrogens with two attached hydrogens (primary N) is 1. The van der Waals surface area contributed by atoms with Crippen LogP contribution in [0.25, 0.3) is 0 Å². The van der Waals surface area contributed by atoms with Crippen LogP contribution in [-0.2, 0) is 6.54 Å². The van der Waals surface area contributed by atoms with Gasteiger partial charge in [-0.05, 0) is 44.0 Å². The van der Waals surface area contributed by atoms with Gasteiger partial charge in [0.25, 0.3) is 0 Å². The first kappa shape index (κ1) is 13.0. The van der Waals surface area contributed by atoms with Gasteiger partial charge in [0.05, 0.1) is 0 Å². The normalized spacial score (nSPS) is 17.5. The van der Waals surface area contributed by atoms with Crippen molar-refractivity contribution < 1.29 is 4.39 Å². The van der Waals surface area contributed by atoms with E-state index in [4.69, 9.17) is 5.73 Å². The largest absolute Gasteiger partial charge is 0.329 e. The Balaban J connectivity index is 2.05. The predicted molar refractivity (Wildman–Crippen MR) is 71.1 cm³/mol. The molecule has 0 heterocycles. The van der Waals surface area contributed by atoms with E-state index in [1.807, 2.05) is 13.1 Å². The summed E-state index contributed by atoms with van der Waals surface area (Å²) in [6, 6.07) is 5.45. The van der Waals surface area contributed by atoms with Crippen molar-refractivity contribution in [2.24, 2.45) is 11.7 Å². The molecule has 0 bridgehead atoms. The lowest BCUT2D eigenvalue weighted by Gasteiger charge is -2.27. The number of nitrogens with zero attached hydrogens (tertiary/aromatic N) is 1. The molecule has 1 saturated carbocycles. The number of likely N-dealkylation sites (N-methyl/N-ethyl adjacent to an activating group) is 1. The third-order valence-corrected chi connectivity index (χ3v) is 3.89. The number of benzene rings is 1. The molecule has 1 atom stereocenters. The van der Waals surface area contributed by atoms with E-state index >= 15 is 0 Å². The van der Waals surface area contributed by atoms with Gasteiger partial charge in [-0.25, -0.2) is 4.39 Å². The predicted octanol–water partition coefficient (Wildman–Crippen LogP) is 2.76. The summed E-state index contributed by atoms with van der Waals surface area (Å²) in [5, 5.41) is 0. The third-order valence-electron chi connectivity index (χ3n) is 3.40. The zero-order chi connectivity index (χ0) is 12.4. The second-order valence-electron chi connectivity index (χ2n) is 4.79. The third kappa shape index (κ3) is 3.27. The second-order valence-corrected chi connectivity index (χ2v) is 5.71. The summed E-state index contributed by atoms with van der Waals surface area (Å²) in [6.07, 6.45) is 2.51. The van der Waals surface area contributed by atoms with E-state index in [9.17, 15) is 4.39 Å². The first-order valence-corrected chi connectivity index (χ1v) is 6.75. The first-order chi connectivity index (χ1) is 8.11. The molecular weight excluding hydrogens is 283 g/mol. The quantitative estimate of drug-likeness (QED) is 0.906. The molecule has 0 spiro atoms. The SMILES string of the molecule is CN(Cc1cc(Br)ccc1F)C(CN)C1CC1. The summed E-state index contributed by atoms with van der Waals surface area (Å²) in [6.45, 7) is 1.26. The summed E-state index contributed by atoms with van der Waals surface area (Å²) >= 11 is 3.37. The van der Waals surface area contributed by atoms with Crippen LogP contribution in [0, 0.1) is 11.7 Å². The summed E-state index contributed by atoms with van der Waals surface area (Å²) in [5.41, 5.74) is 6.51. The van der Waals surface area contributed by atoms with Gasteiger partial charge in [0, 0.05) is 29.2 Å². The maximum atomic E-state index is 13.6. The van der Waals surface area contributed by atoms with Gasteiger partial charge in [-0.15, -0.1) is 0 Å². The van der Waals surface area contributed by atoms with Crippen molar-refractivity contribution in [1.29, 1.82) is 0 Å². The molecule has 94 valence electrons. The van der Waals surface area contributed by atoms with Gasteiger partial charge >= 0.3 is 0 Å². The molecule has 2 rings (SSSR count). The van der Waals surface area contributed by atoms with E-state index in [0.717, 1.165) is 10.0 Å². The standard InChI is InChI=1S/C13H18BrFN2/c1-17(13(7-16)9-2-3-9)8-10-6-11(14)4-5-12(10)15/h4-6,9,13H,2-3,7-8,16H2,1H3. The minimum atomic E-state index is -0.147. The van der Waals surface area contributed by atoms with E-state index in [2.05, 4.69) is 20.8 Å². The lowest BCUT2D eigenvalue weighted by atomic mass is 10.1. The van der Waals surface area contributed by atoms with Crippen molar-refractivity contribution in [2.45, 2.75) is 25.4 Å². The van der Waals surface area contributed by atoms with E-state index in [-0.39, 0.29) is 5.82 Å². The molecule has 1 fully saturated rings. The smallest absolute Gasteiger partial charge is 0.127 e. The van der Waals surface area contributed by atoms with Gasteiger partial charge in [-0.2, -0.15) is 0 Å². The van der Waals surface area contributed by atoms with Crippen LogP contribution in [0.2, 0.25) is 0 Å². The van der Waals surface area contributed by atoms with Crippen molar-refractivity contribution in [2.75, 3.05) is 13.6 Å². The van der Waals surface area contributed by atoms with E-state index < -0.39 is 0 Å². The Morgan fingerprint density at radius 2 is 2.24 bits per heavy atom. The molecule has 1 aliphatic rings. The van der Waals surface area contributed by atoms with Gasteiger partial charge in [0.15, 0.2) is 0 Å². The molecule has 17 heavy (non-hydrogen) atoms. The van der Waals surface area contributed by atoms with Gasteiger partial charge < -0.3 is 5.73 Å². The lowest BCUT2D eigenvalue weighted by molar-refractivity contribution is 0.213. The molecule has 1 aromatic carbocycles. The van der Waals surface area contributed by atoms with Crippen LogP contribution in [-0.4, -0.2) is 24.5 Å². The molecule has 1 unspecified atom stereocenters. The Morgan fingerprint density at radius 3 is 2.82 bits per heavy atom. The Kier molecular flexibility index (Phi) is 4.17. The summed E-state index contributed by atoms with van der Waals surface area (Å²) in [4.78, 5) is 2.17. The molecule has 0 aromatic heterocycles. The Hall–Kier alpha value is -0.450. The molecule has 0 aliphatic heterocycles. The molecule has 0 radical (unpaired) electrons. The number of hydrogen-bond donors (Lipinski definition) is 1. The molecular formula is C13H18BrFN2. The van der Waals surface area contributed by atoms with E-state index in [1.165, 1.54) is 18.9 Å². The van der Waals surface area contributed by atoms with Gasteiger partial charge in [-0.1, -0.05) is 15.9 Å². The Labute approximate surface area is 110 Å². The lowest BCUT2D eigenvalue weighted by Crippen LogP contribution is -2.39. The van der Waals surface area contributed by atoms with Crippen LogP contribution in [0.3, 0.4) is 0 Å². The zero-order valence-electron chi connectivity index (χ0n) is 10.00. The molecule has 1 aromatic rings. The molecule has 4 heteroatoms. The van der Waals surface area contributed by atoms with E-state index in [0.29, 0.717) is 25.0 Å². The summed E-state index contributed by atoms with van der Waals surface area (Å²) < 4.78 is 14.6. The minimum absolute atomic E-state index is 0.147. The first-order valence-electron chi connectivity index (χ1n) is 5.96. The van der Waals surface area contributed by atoms with Crippen LogP contribution in [0.5, 0.6) is 0 Å². The molecule has 2 N–H and O–H groups in total. The monoisotopic (exact) mass is 300 g/mol. The average molecular weight is 301 g/mol. The van der Waals surface area contributed by atoms with Crippen molar-refractivity contribution in [3.63, 3.8) is 0 Å². The summed E-state index contributed by atoms with van der Waals surface area (Å²) in [5.74, 6) is 0.562. The number of hydrogen-bond acceptors (Lipinski definition) is 2. The van der Waals surface area contributed by atoms with Crippen LogP contribution in [0.4, 0.5) is 4.39 Å². The highest BCUT2D eigenvalue weighted by molar-refractivity contribution is 9.10. The Morgan fingerprint density at radius 1 is 1.53 bits per heavy atom. The van der Waals surface area contributed by atoms with Gasteiger partial charge in [0.2, 0.25) is 0 Å². The van der Waals surface area contributed by atoms with Crippen LogP contribution in [0.15, 0.2) is 22.7 Å². The highest BCUT2D eigenvalue weighted by atomic mass is 79.9. The highest BCUT2D eigenvalue weighted by Crippen LogP contribution is 2.35. The average Bonchev–Trinajstić information content (AvgIpc) is 3.09. The molecule has 0 amide bonds. The van der Waals surface area contributed by atoms with Crippen molar-refractivity contribution in [3.05, 3.63) is 34.1 Å². The van der Waals surface area contributed by atoms with Crippen LogP contribution >= 0.6 is 15.9 Å². The number of halogens is 2. The van der Waals surface area contributed by atoms with Gasteiger partial charge in [0.1, 0.15) is 5.82 Å². The van der Waals surface area contributed by atoms with Crippen molar-refractivity contribution >= 4 is 15.9 Å². The highest BCUT2D eigenvalue weighted by Gasteiger charge is 2.32. The Bertz CT molecular complexity index is 393. The molecule has 1 aliphatic carbocycles. The fraction of sp³-hybridized carbons (Fsp3) is 0.538.